The molecule has 0 radical (unpaired) electrons. The van der Waals surface area contributed by atoms with Crippen LogP contribution in [0, 0.1) is 18.8 Å². The van der Waals surface area contributed by atoms with Crippen LogP contribution in [0.5, 0.6) is 5.75 Å². The molecule has 0 bridgehead atoms. The van der Waals surface area contributed by atoms with Gasteiger partial charge in [0.1, 0.15) is 5.75 Å². The van der Waals surface area contributed by atoms with Gasteiger partial charge in [-0.1, -0.05) is 12.2 Å². The number of halogens is 3. The van der Waals surface area contributed by atoms with Crippen LogP contribution >= 0.6 is 0 Å². The van der Waals surface area contributed by atoms with Crippen molar-refractivity contribution in [3.8, 4) is 5.75 Å². The maximum atomic E-state index is 12.8. The molecule has 32 heavy (non-hydrogen) atoms. The lowest BCUT2D eigenvalue weighted by molar-refractivity contribution is -0.274. The monoisotopic (exact) mass is 452 g/mol. The maximum absolute atomic E-state index is 12.8. The highest BCUT2D eigenvalue weighted by Gasteiger charge is 2.35. The van der Waals surface area contributed by atoms with E-state index in [-0.39, 0.29) is 30.3 Å². The first-order valence-corrected chi connectivity index (χ1v) is 10.6. The van der Waals surface area contributed by atoms with Crippen LogP contribution in [-0.2, 0) is 20.7 Å². The molecule has 0 unspecified atom stereocenters. The van der Waals surface area contributed by atoms with Gasteiger partial charge in [0.15, 0.2) is 0 Å². The molecule has 1 aromatic carbocycles. The third-order valence-electron chi connectivity index (χ3n) is 5.42. The summed E-state index contributed by atoms with van der Waals surface area (Å²) in [6.45, 7) is 5.63. The zero-order valence-electron chi connectivity index (χ0n) is 18.2. The Morgan fingerprint density at radius 2 is 1.88 bits per heavy atom. The highest BCUT2D eigenvalue weighted by atomic mass is 19.4. The number of allylic oxidation sites excluding steroid dienone is 2. The predicted molar refractivity (Wildman–Crippen MR) is 113 cm³/mol. The largest absolute Gasteiger partial charge is 0.573 e. The fraction of sp³-hybridized carbons (Fsp3) is 0.478. The van der Waals surface area contributed by atoms with E-state index in [1.807, 2.05) is 19.1 Å². The lowest BCUT2D eigenvalue weighted by Gasteiger charge is -2.26. The average molecular weight is 452 g/mol. The second kappa shape index (κ2) is 9.67. The number of carbonyl (C=O) groups excluding carboxylic acids is 2. The number of carbonyl (C=O) groups is 2. The molecule has 0 spiro atoms. The molecule has 2 N–H and O–H groups in total. The standard InChI is InChI=1S/C23H27F3N2O4/c1-13(2)31-22(30)18-7-5-4-6-17(18)21(29)27-11-10-16-14(3)28-20-9-8-15(12-19(16)20)32-23(24,25)26/h4-5,8-9,12-13,17-18,28H,6-7,10-11H2,1-3H3,(H,27,29)/t17-,18-/m0/s1. The minimum Gasteiger partial charge on any atom is -0.463 e. The summed E-state index contributed by atoms with van der Waals surface area (Å²) in [4.78, 5) is 28.3. The summed E-state index contributed by atoms with van der Waals surface area (Å²) in [5.74, 6) is -1.95. The van der Waals surface area contributed by atoms with Crippen LogP contribution in [0.25, 0.3) is 10.9 Å². The topological polar surface area (TPSA) is 80.4 Å². The number of hydrogen-bond donors (Lipinski definition) is 2. The van der Waals surface area contributed by atoms with Gasteiger partial charge < -0.3 is 19.8 Å². The van der Waals surface area contributed by atoms with Gasteiger partial charge in [0, 0.05) is 23.1 Å². The van der Waals surface area contributed by atoms with E-state index in [1.54, 1.807) is 13.8 Å². The number of aryl methyl sites for hydroxylation is 1. The number of ether oxygens (including phenoxy) is 2. The van der Waals surface area contributed by atoms with Crippen LogP contribution in [-0.4, -0.2) is 35.9 Å². The first-order valence-electron chi connectivity index (χ1n) is 10.6. The number of hydrogen-bond acceptors (Lipinski definition) is 4. The van der Waals surface area contributed by atoms with Gasteiger partial charge in [-0.3, -0.25) is 9.59 Å². The molecule has 0 saturated heterocycles. The molecular formula is C23H27F3N2O4. The molecule has 6 nitrogen and oxygen atoms in total. The van der Waals surface area contributed by atoms with E-state index in [9.17, 15) is 22.8 Å². The van der Waals surface area contributed by atoms with Crippen LogP contribution in [0.1, 0.15) is 37.9 Å². The summed E-state index contributed by atoms with van der Waals surface area (Å²) in [5.41, 5.74) is 2.29. The average Bonchev–Trinajstić information content (AvgIpc) is 3.01. The molecule has 0 fully saturated rings. The SMILES string of the molecule is Cc1[nH]c2ccc(OC(F)(F)F)cc2c1CCNC(=O)[C@H]1CC=CC[C@@H]1C(=O)OC(C)C. The third kappa shape index (κ3) is 5.83. The van der Waals surface area contributed by atoms with Gasteiger partial charge in [-0.25, -0.2) is 0 Å². The van der Waals surface area contributed by atoms with Crippen LogP contribution < -0.4 is 10.1 Å². The summed E-state index contributed by atoms with van der Waals surface area (Å²) in [6.07, 6.45) is 0.0572. The molecule has 0 saturated carbocycles. The first kappa shape index (κ1) is 23.7. The van der Waals surface area contributed by atoms with Crippen molar-refractivity contribution >= 4 is 22.8 Å². The van der Waals surface area contributed by atoms with Crippen molar-refractivity contribution in [2.75, 3.05) is 6.54 Å². The number of alkyl halides is 3. The van der Waals surface area contributed by atoms with Gasteiger partial charge in [0.05, 0.1) is 17.9 Å². The summed E-state index contributed by atoms with van der Waals surface area (Å²) in [5, 5.41) is 3.48. The first-order chi connectivity index (χ1) is 15.0. The number of H-pyrrole nitrogens is 1. The van der Waals surface area contributed by atoms with Crippen molar-refractivity contribution in [2.45, 2.75) is 52.5 Å². The Kier molecular flexibility index (Phi) is 7.16. The Bertz CT molecular complexity index is 1010. The fourth-order valence-corrected chi connectivity index (χ4v) is 4.01. The Morgan fingerprint density at radius 3 is 2.53 bits per heavy atom. The van der Waals surface area contributed by atoms with Crippen LogP contribution in [0.2, 0.25) is 0 Å². The summed E-state index contributed by atoms with van der Waals surface area (Å²) >= 11 is 0. The third-order valence-corrected chi connectivity index (χ3v) is 5.42. The number of aromatic amines is 1. The van der Waals surface area contributed by atoms with E-state index in [0.29, 0.717) is 30.2 Å². The van der Waals surface area contributed by atoms with Gasteiger partial charge in [-0.2, -0.15) is 0 Å². The second-order valence-corrected chi connectivity index (χ2v) is 8.17. The molecule has 2 aromatic rings. The van der Waals surface area contributed by atoms with E-state index in [2.05, 4.69) is 15.0 Å². The van der Waals surface area contributed by atoms with Gasteiger partial charge in [0.2, 0.25) is 5.91 Å². The van der Waals surface area contributed by atoms with E-state index in [0.717, 1.165) is 11.3 Å². The smallest absolute Gasteiger partial charge is 0.463 e. The number of benzene rings is 1. The van der Waals surface area contributed by atoms with Crippen LogP contribution in [0.15, 0.2) is 30.4 Å². The minimum absolute atomic E-state index is 0.237. The van der Waals surface area contributed by atoms with Crippen molar-refractivity contribution in [2.24, 2.45) is 11.8 Å². The highest BCUT2D eigenvalue weighted by Crippen LogP contribution is 2.30. The summed E-state index contributed by atoms with van der Waals surface area (Å²) < 4.78 is 47.0. The van der Waals surface area contributed by atoms with Gasteiger partial charge in [0.25, 0.3) is 0 Å². The Labute approximate surface area is 184 Å². The lowest BCUT2D eigenvalue weighted by Crippen LogP contribution is -2.40. The Morgan fingerprint density at radius 1 is 1.19 bits per heavy atom. The number of amides is 1. The zero-order chi connectivity index (χ0) is 23.5. The molecular weight excluding hydrogens is 425 g/mol. The molecule has 1 aliphatic carbocycles. The fourth-order valence-electron chi connectivity index (χ4n) is 4.01. The minimum atomic E-state index is -4.77. The normalized spacial score (nSPS) is 18.7. The molecule has 1 heterocycles. The molecule has 2 atom stereocenters. The highest BCUT2D eigenvalue weighted by molar-refractivity contribution is 5.87. The predicted octanol–water partition coefficient (Wildman–Crippen LogP) is 4.57. The van der Waals surface area contributed by atoms with E-state index < -0.39 is 18.2 Å². The molecule has 9 heteroatoms. The molecule has 1 amide bonds. The Balaban J connectivity index is 1.67. The zero-order valence-corrected chi connectivity index (χ0v) is 18.2. The number of aromatic nitrogens is 1. The van der Waals surface area contributed by atoms with E-state index in [4.69, 9.17) is 4.74 Å². The van der Waals surface area contributed by atoms with Crippen LogP contribution in [0.3, 0.4) is 0 Å². The van der Waals surface area contributed by atoms with E-state index in [1.165, 1.54) is 18.2 Å². The van der Waals surface area contributed by atoms with Crippen molar-refractivity contribution in [3.63, 3.8) is 0 Å². The molecule has 3 rings (SSSR count). The quantitative estimate of drug-likeness (QED) is 0.477. The number of esters is 1. The van der Waals surface area contributed by atoms with Crippen molar-refractivity contribution in [3.05, 3.63) is 41.6 Å². The maximum Gasteiger partial charge on any atom is 0.573 e. The molecule has 0 aliphatic heterocycles. The lowest BCUT2D eigenvalue weighted by atomic mass is 9.82. The Hall–Kier alpha value is -2.97. The second-order valence-electron chi connectivity index (χ2n) is 8.17. The van der Waals surface area contributed by atoms with Crippen LogP contribution in [0.4, 0.5) is 13.2 Å². The van der Waals surface area contributed by atoms with E-state index >= 15 is 0 Å². The number of fused-ring (bicyclic) bond motifs is 1. The summed E-state index contributed by atoms with van der Waals surface area (Å²) in [7, 11) is 0. The van der Waals surface area contributed by atoms with Gasteiger partial charge >= 0.3 is 12.3 Å². The summed E-state index contributed by atoms with van der Waals surface area (Å²) in [6, 6.07) is 4.13. The van der Waals surface area contributed by atoms with Crippen molar-refractivity contribution < 1.29 is 32.2 Å². The number of nitrogens with one attached hydrogen (secondary N) is 2. The van der Waals surface area contributed by atoms with Gasteiger partial charge in [-0.15, -0.1) is 13.2 Å². The molecule has 174 valence electrons. The number of rotatable bonds is 7. The molecule has 1 aliphatic rings. The van der Waals surface area contributed by atoms with Crippen molar-refractivity contribution in [1.29, 1.82) is 0 Å². The van der Waals surface area contributed by atoms with Gasteiger partial charge in [-0.05, 0) is 63.8 Å². The molecule has 1 aromatic heterocycles. The van der Waals surface area contributed by atoms with Crippen molar-refractivity contribution in [1.82, 2.24) is 10.3 Å².